The maximum Gasteiger partial charge on any atom is 0.119 e. The third-order valence-corrected chi connectivity index (χ3v) is 10.2. The van der Waals surface area contributed by atoms with E-state index >= 15 is 0 Å². The first-order chi connectivity index (χ1) is 27.6. The summed E-state index contributed by atoms with van der Waals surface area (Å²) >= 11 is 6.73. The molecule has 0 aliphatic carbocycles. The van der Waals surface area contributed by atoms with E-state index in [0.29, 0.717) is 44.5 Å². The first-order valence-corrected chi connectivity index (χ1v) is 19.7. The van der Waals surface area contributed by atoms with Crippen molar-refractivity contribution in [3.63, 3.8) is 0 Å². The van der Waals surface area contributed by atoms with Crippen LogP contribution in [0.15, 0.2) is 164 Å². The molecule has 0 bridgehead atoms. The molecule has 6 aromatic carbocycles. The van der Waals surface area contributed by atoms with E-state index in [2.05, 4.69) is 66.7 Å². The van der Waals surface area contributed by atoms with E-state index in [-0.39, 0.29) is 6.61 Å². The predicted octanol–water partition coefficient (Wildman–Crippen LogP) is 10.7. The molecule has 1 saturated heterocycles. The SMILES string of the molecule is CCOc1ccc(Cc2cc(Cl)ccc2[C@@H]2O[C@H](COCc3ccccc3)[C@@H](OCc3ccccc3)[C@H](OCc3ccccc3)[C@H]2OCc2ccccc2)cc1. The van der Waals surface area contributed by atoms with E-state index in [0.717, 1.165) is 44.7 Å². The highest BCUT2D eigenvalue weighted by Gasteiger charge is 2.49. The molecule has 6 aromatic rings. The van der Waals surface area contributed by atoms with Crippen molar-refractivity contribution >= 4 is 11.6 Å². The summed E-state index contributed by atoms with van der Waals surface area (Å²) in [6.07, 6.45) is -2.05. The monoisotopic (exact) mass is 768 g/mol. The minimum Gasteiger partial charge on any atom is -0.494 e. The lowest BCUT2D eigenvalue weighted by Gasteiger charge is -2.47. The Morgan fingerprint density at radius 3 is 1.55 bits per heavy atom. The number of rotatable bonds is 18. The first kappa shape index (κ1) is 39.4. The maximum atomic E-state index is 7.25. The van der Waals surface area contributed by atoms with E-state index in [4.69, 9.17) is 40.0 Å². The third kappa shape index (κ3) is 10.9. The van der Waals surface area contributed by atoms with E-state index in [1.807, 2.05) is 104 Å². The van der Waals surface area contributed by atoms with E-state index in [1.165, 1.54) is 0 Å². The van der Waals surface area contributed by atoms with Crippen LogP contribution < -0.4 is 4.74 Å². The van der Waals surface area contributed by atoms with Crippen molar-refractivity contribution in [2.45, 2.75) is 70.3 Å². The fraction of sp³-hybridized carbons (Fsp3) is 0.265. The fourth-order valence-corrected chi connectivity index (χ4v) is 7.33. The first-order valence-electron chi connectivity index (χ1n) is 19.4. The van der Waals surface area contributed by atoms with Crippen molar-refractivity contribution in [2.75, 3.05) is 13.2 Å². The lowest BCUT2D eigenvalue weighted by molar-refractivity contribution is -0.275. The normalized spacial score (nSPS) is 19.4. The van der Waals surface area contributed by atoms with Crippen LogP contribution >= 0.6 is 11.6 Å². The summed E-state index contributed by atoms with van der Waals surface area (Å²) in [4.78, 5) is 0. The zero-order chi connectivity index (χ0) is 38.4. The van der Waals surface area contributed by atoms with Crippen LogP contribution in [0, 0.1) is 0 Å². The molecule has 0 aromatic heterocycles. The predicted molar refractivity (Wildman–Crippen MR) is 221 cm³/mol. The van der Waals surface area contributed by atoms with Crippen LogP contribution in [0.4, 0.5) is 0 Å². The Balaban J connectivity index is 1.28. The molecule has 1 aliphatic heterocycles. The zero-order valence-corrected chi connectivity index (χ0v) is 32.5. The van der Waals surface area contributed by atoms with Crippen LogP contribution in [0.5, 0.6) is 5.75 Å². The highest BCUT2D eigenvalue weighted by molar-refractivity contribution is 6.30. The van der Waals surface area contributed by atoms with Crippen LogP contribution in [0.2, 0.25) is 5.02 Å². The Labute approximate surface area is 335 Å². The molecule has 0 unspecified atom stereocenters. The summed E-state index contributed by atoms with van der Waals surface area (Å²) in [5.41, 5.74) is 7.37. The molecule has 56 heavy (non-hydrogen) atoms. The lowest BCUT2D eigenvalue weighted by Crippen LogP contribution is -2.58. The fourth-order valence-electron chi connectivity index (χ4n) is 7.13. The quantitative estimate of drug-likeness (QED) is 0.0868. The van der Waals surface area contributed by atoms with Gasteiger partial charge in [0.25, 0.3) is 0 Å². The maximum absolute atomic E-state index is 7.25. The Bertz CT molecular complexity index is 2030. The van der Waals surface area contributed by atoms with E-state index in [1.54, 1.807) is 0 Å². The molecular formula is C49H49ClO6. The molecule has 0 amide bonds. The average Bonchev–Trinajstić information content (AvgIpc) is 3.24. The highest BCUT2D eigenvalue weighted by atomic mass is 35.5. The molecule has 0 radical (unpaired) electrons. The number of ether oxygens (including phenoxy) is 6. The third-order valence-electron chi connectivity index (χ3n) is 9.92. The van der Waals surface area contributed by atoms with Crippen molar-refractivity contribution < 1.29 is 28.4 Å². The highest BCUT2D eigenvalue weighted by Crippen LogP contribution is 2.41. The van der Waals surface area contributed by atoms with Crippen molar-refractivity contribution in [3.8, 4) is 5.75 Å². The largest absolute Gasteiger partial charge is 0.494 e. The molecule has 288 valence electrons. The van der Waals surface area contributed by atoms with E-state index < -0.39 is 30.5 Å². The van der Waals surface area contributed by atoms with Gasteiger partial charge in [0.05, 0.1) is 39.6 Å². The summed E-state index contributed by atoms with van der Waals surface area (Å²) < 4.78 is 40.3. The summed E-state index contributed by atoms with van der Waals surface area (Å²) in [6.45, 7) is 4.41. The molecule has 0 saturated carbocycles. The van der Waals surface area contributed by atoms with Crippen LogP contribution in [-0.2, 0) is 56.5 Å². The van der Waals surface area contributed by atoms with Crippen molar-refractivity contribution in [1.82, 2.24) is 0 Å². The summed E-state index contributed by atoms with van der Waals surface area (Å²) in [5, 5.41) is 0.649. The number of halogens is 1. The Kier molecular flexibility index (Phi) is 14.4. The lowest BCUT2D eigenvalue weighted by atomic mass is 9.87. The van der Waals surface area contributed by atoms with Gasteiger partial charge in [-0.05, 0) is 76.6 Å². The number of hydrogen-bond donors (Lipinski definition) is 0. The van der Waals surface area contributed by atoms with Gasteiger partial charge in [-0.15, -0.1) is 0 Å². The van der Waals surface area contributed by atoms with Gasteiger partial charge < -0.3 is 28.4 Å². The van der Waals surface area contributed by atoms with Crippen molar-refractivity contribution in [3.05, 3.63) is 208 Å². The second kappa shape index (κ2) is 20.4. The average molecular weight is 769 g/mol. The van der Waals surface area contributed by atoms with Gasteiger partial charge >= 0.3 is 0 Å². The van der Waals surface area contributed by atoms with Crippen LogP contribution in [0.1, 0.15) is 52.0 Å². The van der Waals surface area contributed by atoms with Crippen molar-refractivity contribution in [1.29, 1.82) is 0 Å². The topological polar surface area (TPSA) is 55.4 Å². The Morgan fingerprint density at radius 2 is 1.02 bits per heavy atom. The van der Waals surface area contributed by atoms with Gasteiger partial charge in [-0.2, -0.15) is 0 Å². The number of benzene rings is 6. The van der Waals surface area contributed by atoms with E-state index in [9.17, 15) is 0 Å². The van der Waals surface area contributed by atoms with Gasteiger partial charge in [0, 0.05) is 5.02 Å². The molecule has 7 rings (SSSR count). The summed E-state index contributed by atoms with van der Waals surface area (Å²) in [7, 11) is 0. The van der Waals surface area contributed by atoms with Crippen LogP contribution in [0.3, 0.4) is 0 Å². The molecule has 0 N–H and O–H groups in total. The molecule has 1 heterocycles. The minimum atomic E-state index is -0.565. The van der Waals surface area contributed by atoms with Gasteiger partial charge in [0.2, 0.25) is 0 Å². The van der Waals surface area contributed by atoms with Gasteiger partial charge in [-0.1, -0.05) is 151 Å². The van der Waals surface area contributed by atoms with Gasteiger partial charge in [-0.3, -0.25) is 0 Å². The summed E-state index contributed by atoms with van der Waals surface area (Å²) in [6, 6.07) is 55.0. The van der Waals surface area contributed by atoms with Crippen LogP contribution in [-0.4, -0.2) is 37.6 Å². The minimum absolute atomic E-state index is 0.281. The zero-order valence-electron chi connectivity index (χ0n) is 31.8. The van der Waals surface area contributed by atoms with Crippen LogP contribution in [0.25, 0.3) is 0 Å². The Morgan fingerprint density at radius 1 is 0.518 bits per heavy atom. The van der Waals surface area contributed by atoms with Gasteiger partial charge in [-0.25, -0.2) is 0 Å². The second-order valence-electron chi connectivity index (χ2n) is 14.0. The molecule has 1 fully saturated rings. The molecular weight excluding hydrogens is 720 g/mol. The Hall–Kier alpha value is -4.79. The molecule has 7 heteroatoms. The molecule has 1 aliphatic rings. The standard InChI is InChI=1S/C49H49ClO6/c1-2-52-43-26-23-36(24-27-43)29-41-30-42(50)25-28-44(41)46-48(54-33-39-19-11-5-12-20-39)49(55-34-40-21-13-6-14-22-40)47(53-32-38-17-9-4-10-18-38)45(56-46)35-51-31-37-15-7-3-8-16-37/h3-28,30,45-49H,2,29,31-35H2,1H3/t45-,46+,47-,48+,49+/m1/s1. The second-order valence-corrected chi connectivity index (χ2v) is 14.4. The summed E-state index contributed by atoms with van der Waals surface area (Å²) in [5.74, 6) is 0.839. The number of hydrogen-bond acceptors (Lipinski definition) is 6. The van der Waals surface area contributed by atoms with Gasteiger partial charge in [0.15, 0.2) is 0 Å². The molecule has 6 nitrogen and oxygen atoms in total. The molecule has 0 spiro atoms. The van der Waals surface area contributed by atoms with Gasteiger partial charge in [0.1, 0.15) is 36.3 Å². The smallest absolute Gasteiger partial charge is 0.119 e. The molecule has 5 atom stereocenters. The van der Waals surface area contributed by atoms with Crippen molar-refractivity contribution in [2.24, 2.45) is 0 Å².